The molecule has 0 aliphatic heterocycles. The van der Waals surface area contributed by atoms with Crippen LogP contribution in [-0.4, -0.2) is 0 Å². The fraction of sp³-hybridized carbons (Fsp3) is 0.209. The van der Waals surface area contributed by atoms with Crippen molar-refractivity contribution in [1.29, 1.82) is 0 Å². The van der Waals surface area contributed by atoms with Crippen molar-refractivity contribution in [3.63, 3.8) is 0 Å². The lowest BCUT2D eigenvalue weighted by atomic mass is 9.76. The highest BCUT2D eigenvalue weighted by molar-refractivity contribution is 6.03. The van der Waals surface area contributed by atoms with Crippen LogP contribution < -0.4 is 4.90 Å². The van der Waals surface area contributed by atoms with Gasteiger partial charge >= 0.3 is 0 Å². The molecule has 0 unspecified atom stereocenters. The van der Waals surface area contributed by atoms with Gasteiger partial charge in [-0.05, 0) is 111 Å². The van der Waals surface area contributed by atoms with E-state index in [1.807, 2.05) is 0 Å². The van der Waals surface area contributed by atoms with E-state index in [1.54, 1.807) is 5.56 Å². The largest absolute Gasteiger partial charge is 0.310 e. The second kappa shape index (κ2) is 9.19. The summed E-state index contributed by atoms with van der Waals surface area (Å²) >= 11 is 0. The van der Waals surface area contributed by atoms with Gasteiger partial charge in [-0.25, -0.2) is 0 Å². The zero-order valence-electron chi connectivity index (χ0n) is 25.8. The number of hydrogen-bond acceptors (Lipinski definition) is 1. The lowest BCUT2D eigenvalue weighted by Gasteiger charge is -2.31. The van der Waals surface area contributed by atoms with Crippen LogP contribution in [-0.2, 0) is 10.8 Å². The summed E-state index contributed by atoms with van der Waals surface area (Å²) in [5, 5.41) is 2.72. The van der Waals surface area contributed by atoms with Crippen molar-refractivity contribution in [2.45, 2.75) is 57.3 Å². The fourth-order valence-electron chi connectivity index (χ4n) is 8.91. The highest BCUT2D eigenvalue weighted by Gasteiger charge is 2.46. The Morgan fingerprint density at radius 2 is 1.16 bits per heavy atom. The number of rotatable bonds is 3. The molecule has 6 aromatic carbocycles. The molecule has 0 saturated heterocycles. The molecule has 0 radical (unpaired) electrons. The first kappa shape index (κ1) is 25.8. The smallest absolute Gasteiger partial charge is 0.0465 e. The van der Waals surface area contributed by atoms with Crippen LogP contribution >= 0.6 is 0 Å². The average molecular weight is 568 g/mol. The van der Waals surface area contributed by atoms with Crippen LogP contribution in [0.4, 0.5) is 17.1 Å². The molecule has 1 fully saturated rings. The van der Waals surface area contributed by atoms with E-state index in [1.165, 1.54) is 98.0 Å². The molecule has 0 N–H and O–H groups in total. The second-order valence-corrected chi connectivity index (χ2v) is 13.8. The van der Waals surface area contributed by atoms with Crippen LogP contribution in [0.2, 0.25) is 0 Å². The number of benzene rings is 6. The summed E-state index contributed by atoms with van der Waals surface area (Å²) in [7, 11) is 0. The fourth-order valence-corrected chi connectivity index (χ4v) is 8.91. The maximum Gasteiger partial charge on any atom is 0.0465 e. The van der Waals surface area contributed by atoms with Crippen LogP contribution in [0.5, 0.6) is 0 Å². The zero-order chi connectivity index (χ0) is 29.6. The zero-order valence-corrected chi connectivity index (χ0v) is 25.8. The summed E-state index contributed by atoms with van der Waals surface area (Å²) < 4.78 is 0. The van der Waals surface area contributed by atoms with Crippen LogP contribution in [0.15, 0.2) is 121 Å². The van der Waals surface area contributed by atoms with Gasteiger partial charge in [-0.15, -0.1) is 0 Å². The van der Waals surface area contributed by atoms with E-state index in [-0.39, 0.29) is 10.8 Å². The number of anilines is 3. The standard InChI is InChI=1S/C43H37N/c1-28-15-19-34-35-20-17-31(26-39(35)42(2,3)38(34)25-28)44(30-12-5-4-6-13-30)32-18-21-36-40(27-32)43(23-9-10-24-43)37-22-16-29-11-7-8-14-33(29)41(36)37/h4-8,11-22,25-27H,9-10,23-24H2,1-3H3. The van der Waals surface area contributed by atoms with E-state index in [0.29, 0.717) is 0 Å². The van der Waals surface area contributed by atoms with Crippen LogP contribution in [0.1, 0.15) is 67.3 Å². The van der Waals surface area contributed by atoms with E-state index in [9.17, 15) is 0 Å². The second-order valence-electron chi connectivity index (χ2n) is 13.8. The highest BCUT2D eigenvalue weighted by Crippen LogP contribution is 2.59. The Balaban J connectivity index is 1.25. The molecule has 1 spiro atoms. The van der Waals surface area contributed by atoms with E-state index in [0.717, 1.165) is 0 Å². The Labute approximate surface area is 260 Å². The van der Waals surface area contributed by atoms with Gasteiger partial charge in [-0.1, -0.05) is 117 Å². The number of fused-ring (bicyclic) bond motifs is 10. The first-order chi connectivity index (χ1) is 21.5. The van der Waals surface area contributed by atoms with Gasteiger partial charge in [-0.3, -0.25) is 0 Å². The van der Waals surface area contributed by atoms with Crippen molar-refractivity contribution in [3.8, 4) is 22.3 Å². The van der Waals surface area contributed by atoms with E-state index < -0.39 is 0 Å². The molecular weight excluding hydrogens is 530 g/mol. The van der Waals surface area contributed by atoms with Crippen molar-refractivity contribution in [2.24, 2.45) is 0 Å². The number of para-hydroxylation sites is 1. The van der Waals surface area contributed by atoms with Gasteiger partial charge in [0.05, 0.1) is 0 Å². The third kappa shape index (κ3) is 3.47. The van der Waals surface area contributed by atoms with Gasteiger partial charge in [0.1, 0.15) is 0 Å². The van der Waals surface area contributed by atoms with Crippen molar-refractivity contribution in [2.75, 3.05) is 4.90 Å². The maximum atomic E-state index is 2.54. The summed E-state index contributed by atoms with van der Waals surface area (Å²) in [6, 6.07) is 46.1. The predicted molar refractivity (Wildman–Crippen MR) is 186 cm³/mol. The van der Waals surface area contributed by atoms with E-state index in [2.05, 4.69) is 147 Å². The van der Waals surface area contributed by atoms with Crippen LogP contribution in [0, 0.1) is 6.92 Å². The molecule has 44 heavy (non-hydrogen) atoms. The molecule has 0 atom stereocenters. The third-order valence-corrected chi connectivity index (χ3v) is 11.0. The number of nitrogens with zero attached hydrogens (tertiary/aromatic N) is 1. The highest BCUT2D eigenvalue weighted by atomic mass is 15.1. The monoisotopic (exact) mass is 567 g/mol. The summed E-state index contributed by atoms with van der Waals surface area (Å²) in [6.45, 7) is 6.97. The Hall–Kier alpha value is -4.62. The summed E-state index contributed by atoms with van der Waals surface area (Å²) in [6.07, 6.45) is 5.03. The van der Waals surface area contributed by atoms with Crippen molar-refractivity contribution in [1.82, 2.24) is 0 Å². The predicted octanol–water partition coefficient (Wildman–Crippen LogP) is 11.8. The van der Waals surface area contributed by atoms with Crippen molar-refractivity contribution >= 4 is 27.8 Å². The molecule has 3 aliphatic rings. The minimum atomic E-state index is -0.0520. The molecule has 214 valence electrons. The molecule has 1 heteroatoms. The van der Waals surface area contributed by atoms with E-state index >= 15 is 0 Å². The molecule has 0 amide bonds. The van der Waals surface area contributed by atoms with Gasteiger partial charge in [-0.2, -0.15) is 0 Å². The van der Waals surface area contributed by atoms with Crippen LogP contribution in [0.25, 0.3) is 33.0 Å². The van der Waals surface area contributed by atoms with Gasteiger partial charge in [0.15, 0.2) is 0 Å². The minimum absolute atomic E-state index is 0.0520. The molecule has 0 aromatic heterocycles. The van der Waals surface area contributed by atoms with Crippen LogP contribution in [0.3, 0.4) is 0 Å². The first-order valence-electron chi connectivity index (χ1n) is 16.2. The summed E-state index contributed by atoms with van der Waals surface area (Å²) in [5.41, 5.74) is 16.5. The van der Waals surface area contributed by atoms with Crippen molar-refractivity contribution < 1.29 is 0 Å². The molecule has 0 bridgehead atoms. The Morgan fingerprint density at radius 1 is 0.523 bits per heavy atom. The molecule has 9 rings (SSSR count). The Kier molecular flexibility index (Phi) is 5.40. The topological polar surface area (TPSA) is 3.24 Å². The molecule has 1 saturated carbocycles. The van der Waals surface area contributed by atoms with Gasteiger partial charge in [0.2, 0.25) is 0 Å². The summed E-state index contributed by atoms with van der Waals surface area (Å²) in [5.74, 6) is 0. The molecule has 6 aromatic rings. The molecule has 0 heterocycles. The summed E-state index contributed by atoms with van der Waals surface area (Å²) in [4.78, 5) is 2.48. The maximum absolute atomic E-state index is 2.54. The molecule has 1 nitrogen and oxygen atoms in total. The number of hydrogen-bond donors (Lipinski definition) is 0. The van der Waals surface area contributed by atoms with Crippen molar-refractivity contribution in [3.05, 3.63) is 149 Å². The Bertz CT molecular complexity index is 2110. The normalized spacial score (nSPS) is 16.5. The lowest BCUT2D eigenvalue weighted by Crippen LogP contribution is -2.21. The SMILES string of the molecule is Cc1ccc2c(c1)C(C)(C)c1cc(N(c3ccccc3)c3ccc4c(c3)C3(CCCC3)c3ccc5ccccc5c3-4)ccc1-2. The molecule has 3 aliphatic carbocycles. The Morgan fingerprint density at radius 3 is 1.93 bits per heavy atom. The van der Waals surface area contributed by atoms with Gasteiger partial charge < -0.3 is 4.90 Å². The average Bonchev–Trinajstić information content (AvgIpc) is 3.71. The lowest BCUT2D eigenvalue weighted by molar-refractivity contribution is 0.550. The first-order valence-corrected chi connectivity index (χ1v) is 16.2. The number of aryl methyl sites for hydroxylation is 1. The molecular formula is C43H37N. The third-order valence-electron chi connectivity index (χ3n) is 11.0. The van der Waals surface area contributed by atoms with E-state index in [4.69, 9.17) is 0 Å². The van der Waals surface area contributed by atoms with Gasteiger partial charge in [0, 0.05) is 27.9 Å². The van der Waals surface area contributed by atoms with Gasteiger partial charge in [0.25, 0.3) is 0 Å². The minimum Gasteiger partial charge on any atom is -0.310 e. The quantitative estimate of drug-likeness (QED) is 0.206.